The lowest BCUT2D eigenvalue weighted by molar-refractivity contribution is -0.139. The maximum absolute atomic E-state index is 12.9. The van der Waals surface area contributed by atoms with Gasteiger partial charge in [0.1, 0.15) is 11.9 Å². The number of benzene rings is 1. The lowest BCUT2D eigenvalue weighted by Gasteiger charge is -2.10. The summed E-state index contributed by atoms with van der Waals surface area (Å²) in [7, 11) is 1.59. The molecule has 0 amide bonds. The van der Waals surface area contributed by atoms with Gasteiger partial charge in [-0.2, -0.15) is 0 Å². The van der Waals surface area contributed by atoms with E-state index in [-0.39, 0.29) is 5.02 Å². The van der Waals surface area contributed by atoms with Crippen molar-refractivity contribution in [1.29, 1.82) is 0 Å². The second-order valence-electron chi connectivity index (χ2n) is 3.47. The van der Waals surface area contributed by atoms with Crippen LogP contribution in [0.15, 0.2) is 18.2 Å². The van der Waals surface area contributed by atoms with Crippen LogP contribution in [-0.2, 0) is 11.2 Å². The van der Waals surface area contributed by atoms with Crippen LogP contribution >= 0.6 is 11.6 Å². The summed E-state index contributed by atoms with van der Waals surface area (Å²) in [5.41, 5.74) is 0.827. The summed E-state index contributed by atoms with van der Waals surface area (Å²) < 4.78 is 12.9. The van der Waals surface area contributed by atoms with Crippen molar-refractivity contribution in [2.24, 2.45) is 0 Å². The van der Waals surface area contributed by atoms with Crippen molar-refractivity contribution in [2.75, 3.05) is 7.05 Å². The van der Waals surface area contributed by atoms with Crippen LogP contribution in [0.2, 0.25) is 5.02 Å². The zero-order valence-corrected chi connectivity index (χ0v) is 9.59. The number of carbonyl (C=O) groups is 1. The number of aliphatic carboxylic acids is 1. The maximum Gasteiger partial charge on any atom is 0.320 e. The summed E-state index contributed by atoms with van der Waals surface area (Å²) in [6, 6.07) is 3.82. The van der Waals surface area contributed by atoms with E-state index in [0.717, 1.165) is 5.56 Å². The summed E-state index contributed by atoms with van der Waals surface area (Å²) >= 11 is 5.62. The molecular weight excluding hydrogens is 233 g/mol. The Hall–Kier alpha value is -1.13. The standard InChI is InChI=1S/C11H13ClFNO2/c1-14-10(11(15)16)5-3-7-2-4-9(13)8(12)6-7/h2,4,6,10,14H,3,5H2,1H3,(H,15,16). The third-order valence-electron chi connectivity index (χ3n) is 2.35. The van der Waals surface area contributed by atoms with Crippen molar-refractivity contribution in [1.82, 2.24) is 5.32 Å². The molecule has 0 radical (unpaired) electrons. The number of hydrogen-bond donors (Lipinski definition) is 2. The second kappa shape index (κ2) is 5.82. The molecule has 0 heterocycles. The number of aryl methyl sites for hydroxylation is 1. The Bertz CT molecular complexity index is 384. The van der Waals surface area contributed by atoms with Crippen molar-refractivity contribution < 1.29 is 14.3 Å². The minimum atomic E-state index is -0.893. The lowest BCUT2D eigenvalue weighted by Crippen LogP contribution is -2.34. The third-order valence-corrected chi connectivity index (χ3v) is 2.64. The number of rotatable bonds is 5. The fourth-order valence-electron chi connectivity index (χ4n) is 1.40. The smallest absolute Gasteiger partial charge is 0.320 e. The van der Waals surface area contributed by atoms with Gasteiger partial charge in [-0.25, -0.2) is 4.39 Å². The highest BCUT2D eigenvalue weighted by Crippen LogP contribution is 2.17. The zero-order valence-electron chi connectivity index (χ0n) is 8.84. The Labute approximate surface area is 98.2 Å². The monoisotopic (exact) mass is 245 g/mol. The highest BCUT2D eigenvalue weighted by atomic mass is 35.5. The third kappa shape index (κ3) is 3.47. The van der Waals surface area contributed by atoms with Crippen molar-refractivity contribution >= 4 is 17.6 Å². The molecule has 5 heteroatoms. The molecule has 0 saturated heterocycles. The van der Waals surface area contributed by atoms with Crippen LogP contribution in [0.4, 0.5) is 4.39 Å². The van der Waals surface area contributed by atoms with E-state index in [1.807, 2.05) is 0 Å². The van der Waals surface area contributed by atoms with Gasteiger partial charge in [-0.1, -0.05) is 17.7 Å². The summed E-state index contributed by atoms with van der Waals surface area (Å²) in [6.45, 7) is 0. The second-order valence-corrected chi connectivity index (χ2v) is 3.87. The highest BCUT2D eigenvalue weighted by Gasteiger charge is 2.14. The molecule has 1 rings (SSSR count). The Morgan fingerprint density at radius 3 is 2.81 bits per heavy atom. The average molecular weight is 246 g/mol. The Kier molecular flexibility index (Phi) is 4.71. The van der Waals surface area contributed by atoms with Gasteiger partial charge in [0.05, 0.1) is 5.02 Å². The van der Waals surface area contributed by atoms with Crippen LogP contribution in [0.1, 0.15) is 12.0 Å². The molecule has 16 heavy (non-hydrogen) atoms. The number of nitrogens with one attached hydrogen (secondary N) is 1. The van der Waals surface area contributed by atoms with Crippen LogP contribution in [0.3, 0.4) is 0 Å². The minimum Gasteiger partial charge on any atom is -0.480 e. The number of likely N-dealkylation sites (N-methyl/N-ethyl adjacent to an activating group) is 1. The van der Waals surface area contributed by atoms with E-state index in [0.29, 0.717) is 12.8 Å². The van der Waals surface area contributed by atoms with Crippen LogP contribution in [0, 0.1) is 5.82 Å². The molecule has 1 atom stereocenters. The summed E-state index contributed by atoms with van der Waals surface area (Å²) in [4.78, 5) is 10.7. The zero-order chi connectivity index (χ0) is 12.1. The molecule has 0 saturated carbocycles. The first-order valence-corrected chi connectivity index (χ1v) is 5.26. The minimum absolute atomic E-state index is 0.0637. The van der Waals surface area contributed by atoms with E-state index in [1.165, 1.54) is 12.1 Å². The summed E-state index contributed by atoms with van der Waals surface area (Å²) in [5, 5.41) is 11.6. The summed E-state index contributed by atoms with van der Waals surface area (Å²) in [5.74, 6) is -1.36. The topological polar surface area (TPSA) is 49.3 Å². The van der Waals surface area contributed by atoms with E-state index in [1.54, 1.807) is 13.1 Å². The lowest BCUT2D eigenvalue weighted by atomic mass is 10.1. The number of halogens is 2. The molecule has 2 N–H and O–H groups in total. The van der Waals surface area contributed by atoms with Crippen LogP contribution in [-0.4, -0.2) is 24.2 Å². The molecule has 0 aliphatic carbocycles. The SMILES string of the molecule is CNC(CCc1ccc(F)c(Cl)c1)C(=O)O. The molecule has 1 aromatic carbocycles. The van der Waals surface area contributed by atoms with Gasteiger partial charge < -0.3 is 10.4 Å². The van der Waals surface area contributed by atoms with Crippen molar-refractivity contribution in [3.05, 3.63) is 34.6 Å². The molecule has 88 valence electrons. The Balaban J connectivity index is 2.60. The largest absolute Gasteiger partial charge is 0.480 e. The van der Waals surface area contributed by atoms with Gasteiger partial charge in [0.2, 0.25) is 0 Å². The quantitative estimate of drug-likeness (QED) is 0.835. The number of carboxylic acids is 1. The van der Waals surface area contributed by atoms with E-state index >= 15 is 0 Å². The van der Waals surface area contributed by atoms with Gasteiger partial charge in [0, 0.05) is 0 Å². The van der Waals surface area contributed by atoms with Gasteiger partial charge in [0.25, 0.3) is 0 Å². The van der Waals surface area contributed by atoms with Gasteiger partial charge in [-0.3, -0.25) is 4.79 Å². The van der Waals surface area contributed by atoms with Crippen LogP contribution < -0.4 is 5.32 Å². The number of carboxylic acid groups (broad SMARTS) is 1. The van der Waals surface area contributed by atoms with E-state index in [2.05, 4.69) is 5.32 Å². The first-order valence-electron chi connectivity index (χ1n) is 4.88. The van der Waals surface area contributed by atoms with Crippen LogP contribution in [0.5, 0.6) is 0 Å². The molecule has 0 spiro atoms. The fourth-order valence-corrected chi connectivity index (χ4v) is 1.60. The average Bonchev–Trinajstić information content (AvgIpc) is 2.23. The van der Waals surface area contributed by atoms with E-state index < -0.39 is 17.8 Å². The molecule has 3 nitrogen and oxygen atoms in total. The maximum atomic E-state index is 12.9. The first kappa shape index (κ1) is 12.9. The van der Waals surface area contributed by atoms with Gasteiger partial charge in [-0.05, 0) is 37.6 Å². The molecule has 0 bridgehead atoms. The van der Waals surface area contributed by atoms with Gasteiger partial charge in [0.15, 0.2) is 0 Å². The van der Waals surface area contributed by atoms with Gasteiger partial charge >= 0.3 is 5.97 Å². The van der Waals surface area contributed by atoms with E-state index in [4.69, 9.17) is 16.7 Å². The normalized spacial score (nSPS) is 12.4. The number of hydrogen-bond acceptors (Lipinski definition) is 2. The Morgan fingerprint density at radius 2 is 2.31 bits per heavy atom. The van der Waals surface area contributed by atoms with Crippen molar-refractivity contribution in [2.45, 2.75) is 18.9 Å². The molecule has 1 aromatic rings. The van der Waals surface area contributed by atoms with Crippen molar-refractivity contribution in [3.63, 3.8) is 0 Å². The molecule has 0 aliphatic rings. The van der Waals surface area contributed by atoms with E-state index in [9.17, 15) is 9.18 Å². The van der Waals surface area contributed by atoms with Gasteiger partial charge in [-0.15, -0.1) is 0 Å². The molecular formula is C11H13ClFNO2. The molecule has 0 aliphatic heterocycles. The highest BCUT2D eigenvalue weighted by molar-refractivity contribution is 6.30. The molecule has 0 fully saturated rings. The first-order chi connectivity index (χ1) is 7.54. The predicted octanol–water partition coefficient (Wildman–Crippen LogP) is 2.08. The van der Waals surface area contributed by atoms with Crippen molar-refractivity contribution in [3.8, 4) is 0 Å². The molecule has 1 unspecified atom stereocenters. The molecule has 0 aromatic heterocycles. The van der Waals surface area contributed by atoms with Crippen LogP contribution in [0.25, 0.3) is 0 Å². The Morgan fingerprint density at radius 1 is 1.62 bits per heavy atom. The predicted molar refractivity (Wildman–Crippen MR) is 60.2 cm³/mol. The summed E-state index contributed by atoms with van der Waals surface area (Å²) in [6.07, 6.45) is 0.978. The fraction of sp³-hybridized carbons (Fsp3) is 0.364.